The summed E-state index contributed by atoms with van der Waals surface area (Å²) in [6.45, 7) is 0. The summed E-state index contributed by atoms with van der Waals surface area (Å²) in [5, 5.41) is 33.0. The zero-order valence-corrected chi connectivity index (χ0v) is 76.6. The van der Waals surface area contributed by atoms with Gasteiger partial charge >= 0.3 is 0 Å². The number of fused-ring (bicyclic) bond motifs is 32. The van der Waals surface area contributed by atoms with Crippen LogP contribution in [0.4, 0.5) is 0 Å². The average Bonchev–Trinajstić information content (AvgIpc) is 1.49. The maximum absolute atomic E-state index is 5.21. The molecule has 642 valence electrons. The molecule has 0 aliphatic carbocycles. The van der Waals surface area contributed by atoms with Crippen molar-refractivity contribution >= 4 is 249 Å². The van der Waals surface area contributed by atoms with E-state index in [0.717, 1.165) is 59.8 Å². The van der Waals surface area contributed by atoms with Crippen LogP contribution in [0.25, 0.3) is 275 Å². The van der Waals surface area contributed by atoms with Gasteiger partial charge < -0.3 is 22.8 Å². The van der Waals surface area contributed by atoms with Gasteiger partial charge in [-0.25, -0.2) is 15.0 Å². The predicted octanol–water partition coefficient (Wildman–Crippen LogP) is 35.4. The number of thiazole rings is 3. The molecule has 8 nitrogen and oxygen atoms in total. The minimum absolute atomic E-state index is 1.06. The molecule has 0 spiro atoms. The molecule has 0 fully saturated rings. The fourth-order valence-corrected chi connectivity index (χ4v) is 25.2. The quantitative estimate of drug-likeness (QED) is 0.142. The third-order valence-corrected chi connectivity index (χ3v) is 31.6. The van der Waals surface area contributed by atoms with Crippen molar-refractivity contribution < 1.29 is 0 Å². The SMILES string of the molecule is c1ccc(-c2nc3c(ccc4ccc5cc(-n6c7ccccc7c7cc(-n8c9ccccc9c9c%10ccccc%10ccc98)ccc76)ccc5c43)s2)cc1.c1ccc(-c2nc3c(ccc4ccc5cc(-n6c7ccccc7c7cc(-n8c9ccccc9c9ccccc98)ccc76)ccc5c43)s2)cc1.c1ccc(-c2nc3c(ccc4ccc5cc(-n6c7ccccc7c7ccccc76)ccc5c43)s2)cc1. The van der Waals surface area contributed by atoms with Gasteiger partial charge in [-0.1, -0.05) is 322 Å². The molecule has 0 atom stereocenters. The second-order valence-corrected chi connectivity index (χ2v) is 39.1. The number of hydrogen-bond donors (Lipinski definition) is 0. The molecule has 0 saturated carbocycles. The van der Waals surface area contributed by atoms with E-state index in [1.54, 1.807) is 34.0 Å². The van der Waals surface area contributed by atoms with Crippen molar-refractivity contribution in [3.8, 4) is 60.2 Å². The Labute approximate surface area is 801 Å². The molecule has 31 rings (SSSR count). The first-order valence-corrected chi connectivity index (χ1v) is 49.3. The molecule has 11 heteroatoms. The molecule has 0 bridgehead atoms. The van der Waals surface area contributed by atoms with Crippen molar-refractivity contribution in [1.82, 2.24) is 37.8 Å². The molecule has 23 aromatic carbocycles. The predicted molar refractivity (Wildman–Crippen MR) is 589 cm³/mol. The van der Waals surface area contributed by atoms with Gasteiger partial charge in [0, 0.05) is 115 Å². The summed E-state index contributed by atoms with van der Waals surface area (Å²) in [5.74, 6) is 0. The zero-order chi connectivity index (χ0) is 90.3. The topological polar surface area (TPSA) is 63.3 Å². The Hall–Kier alpha value is -17.5. The van der Waals surface area contributed by atoms with Crippen LogP contribution in [0.1, 0.15) is 0 Å². The van der Waals surface area contributed by atoms with E-state index >= 15 is 0 Å². The van der Waals surface area contributed by atoms with Gasteiger partial charge in [0.2, 0.25) is 0 Å². The van der Waals surface area contributed by atoms with E-state index in [9.17, 15) is 0 Å². The van der Waals surface area contributed by atoms with Gasteiger partial charge in [0.1, 0.15) is 15.0 Å². The summed E-state index contributed by atoms with van der Waals surface area (Å²) in [7, 11) is 0. The van der Waals surface area contributed by atoms with E-state index in [1.165, 1.54) is 215 Å². The lowest BCUT2D eigenvalue weighted by atomic mass is 10.0. The maximum atomic E-state index is 5.21. The van der Waals surface area contributed by atoms with Gasteiger partial charge in [0.05, 0.1) is 85.8 Å². The Balaban J connectivity index is 0.000000102. The first-order valence-electron chi connectivity index (χ1n) is 46.8. The van der Waals surface area contributed by atoms with Gasteiger partial charge in [-0.05, 0) is 199 Å². The first-order chi connectivity index (χ1) is 68.4. The van der Waals surface area contributed by atoms with Crippen LogP contribution in [0, 0.1) is 0 Å². The van der Waals surface area contributed by atoms with Crippen LogP contribution < -0.4 is 0 Å². The highest BCUT2D eigenvalue weighted by molar-refractivity contribution is 7.22. The Bertz CT molecular complexity index is 10400. The van der Waals surface area contributed by atoms with Crippen molar-refractivity contribution in [2.24, 2.45) is 0 Å². The largest absolute Gasteiger partial charge is 0.309 e. The molecule has 31 aromatic rings. The third-order valence-electron chi connectivity index (χ3n) is 28.4. The minimum atomic E-state index is 1.06. The van der Waals surface area contributed by atoms with Gasteiger partial charge in [0.25, 0.3) is 0 Å². The molecule has 0 unspecified atom stereocenters. The molecule has 138 heavy (non-hydrogen) atoms. The molecule has 8 heterocycles. The zero-order valence-electron chi connectivity index (χ0n) is 74.2. The van der Waals surface area contributed by atoms with Crippen LogP contribution in [0.3, 0.4) is 0 Å². The molecule has 0 amide bonds. The summed E-state index contributed by atoms with van der Waals surface area (Å²) >= 11 is 5.29. The van der Waals surface area contributed by atoms with Crippen LogP contribution >= 0.6 is 34.0 Å². The van der Waals surface area contributed by atoms with E-state index in [4.69, 9.17) is 15.0 Å². The second kappa shape index (κ2) is 31.1. The number of rotatable bonds is 8. The Morgan fingerprint density at radius 1 is 0.145 bits per heavy atom. The number of aromatic nitrogens is 8. The van der Waals surface area contributed by atoms with Crippen LogP contribution in [0.15, 0.2) is 461 Å². The molecular formula is C127H76N8S3. The van der Waals surface area contributed by atoms with Gasteiger partial charge in [-0.2, -0.15) is 0 Å². The van der Waals surface area contributed by atoms with Gasteiger partial charge in [0.15, 0.2) is 0 Å². The van der Waals surface area contributed by atoms with Crippen molar-refractivity contribution in [2.45, 2.75) is 0 Å². The summed E-state index contributed by atoms with van der Waals surface area (Å²) in [5.41, 5.74) is 24.7. The molecule has 0 radical (unpaired) electrons. The lowest BCUT2D eigenvalue weighted by molar-refractivity contribution is 1.17. The van der Waals surface area contributed by atoms with Crippen molar-refractivity contribution in [3.63, 3.8) is 0 Å². The molecular weight excluding hydrogens is 1730 g/mol. The highest BCUT2D eigenvalue weighted by Gasteiger charge is 2.25. The van der Waals surface area contributed by atoms with E-state index in [1.807, 2.05) is 0 Å². The number of benzene rings is 23. The van der Waals surface area contributed by atoms with Gasteiger partial charge in [-0.3, -0.25) is 0 Å². The van der Waals surface area contributed by atoms with Gasteiger partial charge in [-0.15, -0.1) is 34.0 Å². The minimum Gasteiger partial charge on any atom is -0.309 e. The normalized spacial score (nSPS) is 12.1. The number of nitrogens with zero attached hydrogens (tertiary/aromatic N) is 8. The molecule has 0 N–H and O–H groups in total. The third kappa shape index (κ3) is 12.2. The van der Waals surface area contributed by atoms with Crippen molar-refractivity contribution in [2.75, 3.05) is 0 Å². The molecule has 0 aliphatic heterocycles. The van der Waals surface area contributed by atoms with E-state index in [0.29, 0.717) is 0 Å². The number of hydrogen-bond acceptors (Lipinski definition) is 6. The Kier molecular flexibility index (Phi) is 17.6. The van der Waals surface area contributed by atoms with Crippen molar-refractivity contribution in [1.29, 1.82) is 0 Å². The second-order valence-electron chi connectivity index (χ2n) is 36.0. The Morgan fingerprint density at radius 3 is 0.725 bits per heavy atom. The highest BCUT2D eigenvalue weighted by atomic mass is 32.1. The fraction of sp³-hybridized carbons (Fsp3) is 0. The Morgan fingerprint density at radius 2 is 0.377 bits per heavy atom. The standard InChI is InChI=1S/C49H29N3S.C45H27N3S.C33H20N2S/c1-2-11-32(12-3-1)49-50-48-45(53-49)27-21-31-18-19-33-28-34(22-24-37(33)46(31)48)51-41-16-8-6-14-38(41)40-29-35(23-26-43(40)51)52-42-17-9-7-15-39(42)47-36-13-5-4-10-30(36)20-25-44(47)52;1-2-10-29(11-3-1)45-46-44-42(49-45)25-20-28-18-19-30-26-31(21-23-33(30)43(28)44)47-40-17-9-6-14-36(40)37-27-32(22-24-41(37)47)48-38-15-7-4-12-34(38)35-13-5-8-16-39(35)48;1-2-8-22(9-3-1)33-34-32-30(36-33)19-16-21-14-15-23-20-24(17-18-25(23)31(21)32)35-28-12-6-4-10-26(28)27-11-5-7-13-29(27)35/h1-29H;1-27H;1-20H. The summed E-state index contributed by atoms with van der Waals surface area (Å²) in [6, 6.07) is 167. The maximum Gasteiger partial charge on any atom is 0.124 e. The molecule has 8 aromatic heterocycles. The molecule has 0 aliphatic rings. The van der Waals surface area contributed by atoms with Crippen LogP contribution in [-0.2, 0) is 0 Å². The number of para-hydroxylation sites is 7. The fourth-order valence-electron chi connectivity index (χ4n) is 22.3. The first kappa shape index (κ1) is 78.1. The highest BCUT2D eigenvalue weighted by Crippen LogP contribution is 2.48. The van der Waals surface area contributed by atoms with Crippen LogP contribution in [0.2, 0.25) is 0 Å². The van der Waals surface area contributed by atoms with E-state index < -0.39 is 0 Å². The average molecular weight is 1810 g/mol. The lowest BCUT2D eigenvalue weighted by Gasteiger charge is -2.12. The van der Waals surface area contributed by atoms with Crippen molar-refractivity contribution in [3.05, 3.63) is 461 Å². The van der Waals surface area contributed by atoms with Crippen LogP contribution in [0.5, 0.6) is 0 Å². The summed E-state index contributed by atoms with van der Waals surface area (Å²) in [4.78, 5) is 15.5. The monoisotopic (exact) mass is 1810 g/mol. The summed E-state index contributed by atoms with van der Waals surface area (Å²) < 4.78 is 15.7. The molecule has 0 saturated heterocycles. The summed E-state index contributed by atoms with van der Waals surface area (Å²) in [6.07, 6.45) is 0. The van der Waals surface area contributed by atoms with Crippen LogP contribution in [-0.4, -0.2) is 37.8 Å². The van der Waals surface area contributed by atoms with E-state index in [2.05, 4.69) is 484 Å². The lowest BCUT2D eigenvalue weighted by Crippen LogP contribution is -1.96. The smallest absolute Gasteiger partial charge is 0.124 e. The van der Waals surface area contributed by atoms with E-state index in [-0.39, 0.29) is 0 Å².